The monoisotopic (exact) mass is 257 g/mol. The Morgan fingerprint density at radius 1 is 1.47 bits per heavy atom. The molecule has 0 aliphatic carbocycles. The summed E-state index contributed by atoms with van der Waals surface area (Å²) >= 11 is 0. The van der Waals surface area contributed by atoms with Crippen molar-refractivity contribution in [2.75, 3.05) is 0 Å². The lowest BCUT2D eigenvalue weighted by Crippen LogP contribution is -2.01. The molecule has 0 aliphatic rings. The van der Waals surface area contributed by atoms with Crippen molar-refractivity contribution < 1.29 is 14.3 Å². The van der Waals surface area contributed by atoms with Crippen molar-refractivity contribution in [1.82, 2.24) is 9.97 Å². The second-order valence-corrected chi connectivity index (χ2v) is 4.24. The summed E-state index contributed by atoms with van der Waals surface area (Å²) in [5, 5.41) is 17.7. The van der Waals surface area contributed by atoms with Crippen LogP contribution in [0.15, 0.2) is 22.7 Å². The van der Waals surface area contributed by atoms with E-state index in [9.17, 15) is 4.79 Å². The van der Waals surface area contributed by atoms with Gasteiger partial charge < -0.3 is 9.52 Å². The van der Waals surface area contributed by atoms with Gasteiger partial charge in [0, 0.05) is 6.20 Å². The van der Waals surface area contributed by atoms with Crippen LogP contribution in [0.5, 0.6) is 0 Å². The zero-order chi connectivity index (χ0) is 14.0. The van der Waals surface area contributed by atoms with Gasteiger partial charge in [0.25, 0.3) is 0 Å². The van der Waals surface area contributed by atoms with Crippen molar-refractivity contribution in [3.8, 4) is 17.7 Å². The number of nitrogens with zero attached hydrogens (tertiary/aromatic N) is 3. The number of nitriles is 1. The second-order valence-electron chi connectivity index (χ2n) is 4.24. The van der Waals surface area contributed by atoms with Crippen molar-refractivity contribution in [1.29, 1.82) is 5.26 Å². The molecule has 2 aromatic heterocycles. The summed E-state index contributed by atoms with van der Waals surface area (Å²) in [6.45, 7) is 3.67. The fourth-order valence-corrected chi connectivity index (χ4v) is 1.57. The number of carboxylic acid groups (broad SMARTS) is 1. The number of carboxylic acids is 1. The van der Waals surface area contributed by atoms with Crippen molar-refractivity contribution >= 4 is 5.97 Å². The average molecular weight is 257 g/mol. The summed E-state index contributed by atoms with van der Waals surface area (Å²) in [7, 11) is 0. The molecule has 0 aromatic carbocycles. The SMILES string of the molecule is CC(C)c1nc(-c2ccc(C#N)cn2)oc1C(=O)O. The summed E-state index contributed by atoms with van der Waals surface area (Å²) in [4.78, 5) is 19.3. The first kappa shape index (κ1) is 12.8. The number of oxazole rings is 1. The van der Waals surface area contributed by atoms with E-state index >= 15 is 0 Å². The normalized spacial score (nSPS) is 10.4. The van der Waals surface area contributed by atoms with E-state index in [1.165, 1.54) is 6.20 Å². The lowest BCUT2D eigenvalue weighted by Gasteiger charge is -1.98. The molecule has 2 heterocycles. The maximum Gasteiger partial charge on any atom is 0.373 e. The first-order valence-electron chi connectivity index (χ1n) is 5.63. The van der Waals surface area contributed by atoms with Crippen LogP contribution in [-0.2, 0) is 0 Å². The lowest BCUT2D eigenvalue weighted by molar-refractivity contribution is 0.0661. The van der Waals surface area contributed by atoms with Gasteiger partial charge in [-0.2, -0.15) is 5.26 Å². The average Bonchev–Trinajstić information content (AvgIpc) is 2.84. The molecule has 0 saturated carbocycles. The largest absolute Gasteiger partial charge is 0.475 e. The number of hydrogen-bond donors (Lipinski definition) is 1. The number of rotatable bonds is 3. The lowest BCUT2D eigenvalue weighted by atomic mass is 10.1. The molecular formula is C13H11N3O3. The van der Waals surface area contributed by atoms with Gasteiger partial charge in [0.05, 0.1) is 11.3 Å². The predicted octanol–water partition coefficient (Wildman–Crippen LogP) is 2.43. The minimum Gasteiger partial charge on any atom is -0.475 e. The molecule has 2 rings (SSSR count). The zero-order valence-electron chi connectivity index (χ0n) is 10.4. The quantitative estimate of drug-likeness (QED) is 0.906. The number of pyridine rings is 1. The van der Waals surface area contributed by atoms with Gasteiger partial charge in [-0.3, -0.25) is 0 Å². The minimum absolute atomic E-state index is 0.0676. The highest BCUT2D eigenvalue weighted by molar-refractivity contribution is 5.86. The van der Waals surface area contributed by atoms with Crippen molar-refractivity contribution in [3.63, 3.8) is 0 Å². The standard InChI is InChI=1S/C13H11N3O3/c1-7(2)10-11(13(17)18)19-12(16-10)9-4-3-8(5-14)6-15-9/h3-4,6-7H,1-2H3,(H,17,18). The Balaban J connectivity index is 2.48. The van der Waals surface area contributed by atoms with E-state index in [-0.39, 0.29) is 17.6 Å². The summed E-state index contributed by atoms with van der Waals surface area (Å²) < 4.78 is 5.24. The van der Waals surface area contributed by atoms with Crippen LogP contribution in [-0.4, -0.2) is 21.0 Å². The van der Waals surface area contributed by atoms with Crippen molar-refractivity contribution in [2.45, 2.75) is 19.8 Å². The molecule has 0 atom stereocenters. The van der Waals surface area contributed by atoms with Gasteiger partial charge >= 0.3 is 5.97 Å². The molecule has 2 aromatic rings. The summed E-state index contributed by atoms with van der Waals surface area (Å²) in [6.07, 6.45) is 1.38. The smallest absolute Gasteiger partial charge is 0.373 e. The predicted molar refractivity (Wildman–Crippen MR) is 65.5 cm³/mol. The third-order valence-electron chi connectivity index (χ3n) is 2.51. The maximum absolute atomic E-state index is 11.1. The highest BCUT2D eigenvalue weighted by atomic mass is 16.4. The van der Waals surface area contributed by atoms with Gasteiger partial charge in [-0.15, -0.1) is 0 Å². The molecule has 0 radical (unpaired) electrons. The van der Waals surface area contributed by atoms with E-state index in [1.807, 2.05) is 19.9 Å². The molecule has 0 unspecified atom stereocenters. The van der Waals surface area contributed by atoms with Gasteiger partial charge in [-0.05, 0) is 18.1 Å². The molecule has 0 aliphatic heterocycles. The Morgan fingerprint density at radius 3 is 2.63 bits per heavy atom. The van der Waals surface area contributed by atoms with Crippen molar-refractivity contribution in [2.24, 2.45) is 0 Å². The molecule has 6 nitrogen and oxygen atoms in total. The van der Waals surface area contributed by atoms with Gasteiger partial charge in [0.15, 0.2) is 0 Å². The number of carbonyl (C=O) groups is 1. The van der Waals surface area contributed by atoms with Crippen LogP contribution in [0, 0.1) is 11.3 Å². The molecule has 6 heteroatoms. The van der Waals surface area contributed by atoms with Crippen LogP contribution in [0.1, 0.15) is 41.6 Å². The zero-order valence-corrected chi connectivity index (χ0v) is 10.4. The molecule has 1 N–H and O–H groups in total. The van der Waals surface area contributed by atoms with Gasteiger partial charge in [0.1, 0.15) is 11.8 Å². The minimum atomic E-state index is -1.16. The molecular weight excluding hydrogens is 246 g/mol. The topological polar surface area (TPSA) is 100 Å². The van der Waals surface area contributed by atoms with Crippen LogP contribution in [0.25, 0.3) is 11.6 Å². The fraction of sp³-hybridized carbons (Fsp3) is 0.231. The molecule has 19 heavy (non-hydrogen) atoms. The molecule has 0 spiro atoms. The second kappa shape index (κ2) is 4.90. The number of aromatic carboxylic acids is 1. The van der Waals surface area contributed by atoms with Crippen molar-refractivity contribution in [3.05, 3.63) is 35.3 Å². The van der Waals surface area contributed by atoms with E-state index < -0.39 is 5.97 Å². The number of aromatic nitrogens is 2. The first-order valence-corrected chi connectivity index (χ1v) is 5.63. The Hall–Kier alpha value is -2.68. The van der Waals surface area contributed by atoms with E-state index in [0.29, 0.717) is 17.0 Å². The molecule has 0 saturated heterocycles. The van der Waals surface area contributed by atoms with Crippen LogP contribution in [0.2, 0.25) is 0 Å². The maximum atomic E-state index is 11.1. The Morgan fingerprint density at radius 2 is 2.21 bits per heavy atom. The summed E-state index contributed by atoms with van der Waals surface area (Å²) in [5.74, 6) is -1.25. The van der Waals surface area contributed by atoms with Gasteiger partial charge in [0.2, 0.25) is 11.7 Å². The van der Waals surface area contributed by atoms with Gasteiger partial charge in [-0.1, -0.05) is 13.8 Å². The third-order valence-corrected chi connectivity index (χ3v) is 2.51. The van der Waals surface area contributed by atoms with Crippen LogP contribution >= 0.6 is 0 Å². The Bertz CT molecular complexity index is 651. The molecule has 96 valence electrons. The molecule has 0 amide bonds. The first-order chi connectivity index (χ1) is 9.02. The Kier molecular flexibility index (Phi) is 3.29. The van der Waals surface area contributed by atoms with E-state index in [4.69, 9.17) is 14.8 Å². The summed E-state index contributed by atoms with van der Waals surface area (Å²) in [6, 6.07) is 5.09. The highest BCUT2D eigenvalue weighted by Crippen LogP contribution is 2.25. The van der Waals surface area contributed by atoms with Crippen LogP contribution in [0.4, 0.5) is 0 Å². The fourth-order valence-electron chi connectivity index (χ4n) is 1.57. The van der Waals surface area contributed by atoms with Crippen LogP contribution in [0.3, 0.4) is 0 Å². The Labute approximate surface area is 109 Å². The highest BCUT2D eigenvalue weighted by Gasteiger charge is 2.22. The van der Waals surface area contributed by atoms with E-state index in [0.717, 1.165) is 0 Å². The molecule has 0 fully saturated rings. The summed E-state index contributed by atoms with van der Waals surface area (Å²) in [5.41, 5.74) is 1.19. The number of hydrogen-bond acceptors (Lipinski definition) is 5. The third kappa shape index (κ3) is 2.45. The van der Waals surface area contributed by atoms with Gasteiger partial charge in [-0.25, -0.2) is 14.8 Å². The molecule has 0 bridgehead atoms. The van der Waals surface area contributed by atoms with E-state index in [1.54, 1.807) is 12.1 Å². The van der Waals surface area contributed by atoms with E-state index in [2.05, 4.69) is 9.97 Å². The van der Waals surface area contributed by atoms with Crippen LogP contribution < -0.4 is 0 Å².